The van der Waals surface area contributed by atoms with Crippen molar-refractivity contribution in [3.8, 4) is 22.4 Å². The minimum atomic E-state index is -0.347. The van der Waals surface area contributed by atoms with Crippen molar-refractivity contribution in [1.29, 1.82) is 0 Å². The molecule has 0 saturated heterocycles. The molecular formula is C29H31N7O2. The van der Waals surface area contributed by atoms with Crippen LogP contribution in [0.3, 0.4) is 0 Å². The van der Waals surface area contributed by atoms with Crippen LogP contribution in [-0.4, -0.2) is 47.8 Å². The fraction of sp³-hybridized carbons (Fsp3) is 0.241. The standard InChI is InChI=1S/C29H31N7O2/c1-19(2)14-23(18-37)32-29(38)27-26(20-8-5-4-6-9-20)34-28-24(10-7-13-36(27)28)33-25-12-11-21(15-30-25)22-16-31-35(3)17-22/h4-13,15-17,19,23,37H,14,18H2,1-3H3,(H,30,33)(H,32,38)/t23-/m0/s1. The summed E-state index contributed by atoms with van der Waals surface area (Å²) in [6.45, 7) is 4.00. The van der Waals surface area contributed by atoms with Crippen molar-refractivity contribution in [2.75, 3.05) is 11.9 Å². The van der Waals surface area contributed by atoms with E-state index in [2.05, 4.69) is 34.6 Å². The van der Waals surface area contributed by atoms with E-state index in [4.69, 9.17) is 4.98 Å². The number of hydrogen-bond acceptors (Lipinski definition) is 6. The third-order valence-corrected chi connectivity index (χ3v) is 6.29. The van der Waals surface area contributed by atoms with E-state index in [1.807, 2.05) is 74.0 Å². The number of hydrogen-bond donors (Lipinski definition) is 3. The van der Waals surface area contributed by atoms with Crippen LogP contribution in [-0.2, 0) is 7.05 Å². The summed E-state index contributed by atoms with van der Waals surface area (Å²) in [5.41, 5.74) is 5.08. The Morgan fingerprint density at radius 2 is 1.82 bits per heavy atom. The molecule has 0 aliphatic heterocycles. The van der Waals surface area contributed by atoms with E-state index in [1.165, 1.54) is 0 Å². The van der Waals surface area contributed by atoms with Gasteiger partial charge in [-0.15, -0.1) is 0 Å². The number of pyridine rings is 2. The molecule has 0 unspecified atom stereocenters. The van der Waals surface area contributed by atoms with Crippen molar-refractivity contribution in [3.05, 3.63) is 85.1 Å². The van der Waals surface area contributed by atoms with Crippen LogP contribution < -0.4 is 10.6 Å². The maximum absolute atomic E-state index is 13.6. The molecule has 0 saturated carbocycles. The fourth-order valence-electron chi connectivity index (χ4n) is 4.53. The summed E-state index contributed by atoms with van der Waals surface area (Å²) in [6.07, 6.45) is 8.03. The summed E-state index contributed by atoms with van der Waals surface area (Å²) in [4.78, 5) is 23.1. The lowest BCUT2D eigenvalue weighted by Crippen LogP contribution is -2.39. The third kappa shape index (κ3) is 5.28. The first-order valence-corrected chi connectivity index (χ1v) is 12.6. The van der Waals surface area contributed by atoms with E-state index in [9.17, 15) is 9.90 Å². The molecule has 4 heterocycles. The van der Waals surface area contributed by atoms with Crippen LogP contribution in [0.25, 0.3) is 28.0 Å². The van der Waals surface area contributed by atoms with Gasteiger partial charge in [-0.1, -0.05) is 44.2 Å². The maximum Gasteiger partial charge on any atom is 0.270 e. The molecule has 1 amide bonds. The molecule has 0 radical (unpaired) electrons. The van der Waals surface area contributed by atoms with Gasteiger partial charge in [0, 0.05) is 42.3 Å². The minimum absolute atomic E-state index is 0.130. The lowest BCUT2D eigenvalue weighted by molar-refractivity contribution is 0.0903. The van der Waals surface area contributed by atoms with Crippen molar-refractivity contribution in [1.82, 2.24) is 29.5 Å². The highest BCUT2D eigenvalue weighted by Gasteiger charge is 2.24. The molecule has 5 aromatic rings. The van der Waals surface area contributed by atoms with Crippen LogP contribution >= 0.6 is 0 Å². The van der Waals surface area contributed by atoms with E-state index in [1.54, 1.807) is 21.5 Å². The van der Waals surface area contributed by atoms with Gasteiger partial charge in [0.05, 0.1) is 24.5 Å². The highest BCUT2D eigenvalue weighted by Crippen LogP contribution is 2.29. The largest absolute Gasteiger partial charge is 0.394 e. The Balaban J connectivity index is 1.52. The van der Waals surface area contributed by atoms with Gasteiger partial charge < -0.3 is 15.7 Å². The van der Waals surface area contributed by atoms with Gasteiger partial charge in [-0.05, 0) is 36.6 Å². The summed E-state index contributed by atoms with van der Waals surface area (Å²) >= 11 is 0. The number of carbonyl (C=O) groups excluding carboxylic acids is 1. The summed E-state index contributed by atoms with van der Waals surface area (Å²) < 4.78 is 3.54. The molecule has 0 aliphatic carbocycles. The number of nitrogens with zero attached hydrogens (tertiary/aromatic N) is 5. The van der Waals surface area contributed by atoms with E-state index < -0.39 is 0 Å². The summed E-state index contributed by atoms with van der Waals surface area (Å²) in [7, 11) is 1.88. The SMILES string of the molecule is CC(C)C[C@@H](CO)NC(=O)c1c(-c2ccccc2)nc2c(Nc3ccc(-c4cnn(C)c4)cn3)cccn12. The normalized spacial score (nSPS) is 12.1. The van der Waals surface area contributed by atoms with Gasteiger partial charge in [-0.3, -0.25) is 13.9 Å². The molecule has 4 aromatic heterocycles. The number of benzene rings is 1. The van der Waals surface area contributed by atoms with Crippen molar-refractivity contribution < 1.29 is 9.90 Å². The lowest BCUT2D eigenvalue weighted by atomic mass is 10.0. The minimum Gasteiger partial charge on any atom is -0.394 e. The molecule has 194 valence electrons. The Bertz CT molecular complexity index is 1540. The molecule has 0 fully saturated rings. The number of fused-ring (bicyclic) bond motifs is 1. The molecule has 9 nitrogen and oxygen atoms in total. The van der Waals surface area contributed by atoms with Crippen molar-refractivity contribution in [2.24, 2.45) is 13.0 Å². The van der Waals surface area contributed by atoms with E-state index in [0.29, 0.717) is 40.9 Å². The van der Waals surface area contributed by atoms with Gasteiger partial charge in [0.15, 0.2) is 5.65 Å². The average molecular weight is 510 g/mol. The van der Waals surface area contributed by atoms with Crippen LogP contribution in [0.5, 0.6) is 0 Å². The topological polar surface area (TPSA) is 109 Å². The first-order chi connectivity index (χ1) is 18.4. The van der Waals surface area contributed by atoms with Gasteiger partial charge in [0.2, 0.25) is 0 Å². The van der Waals surface area contributed by atoms with Gasteiger partial charge in [0.25, 0.3) is 5.91 Å². The van der Waals surface area contributed by atoms with E-state index in [0.717, 1.165) is 16.7 Å². The summed E-state index contributed by atoms with van der Waals surface area (Å²) in [6, 6.07) is 16.9. The van der Waals surface area contributed by atoms with Crippen LogP contribution in [0.4, 0.5) is 11.5 Å². The van der Waals surface area contributed by atoms with Crippen LogP contribution in [0.15, 0.2) is 79.4 Å². The Kier molecular flexibility index (Phi) is 7.19. The number of aliphatic hydroxyl groups is 1. The number of rotatable bonds is 9. The van der Waals surface area contributed by atoms with Gasteiger partial charge in [0.1, 0.15) is 17.2 Å². The van der Waals surface area contributed by atoms with Gasteiger partial charge >= 0.3 is 0 Å². The molecule has 9 heteroatoms. The molecule has 0 aliphatic rings. The second-order valence-electron chi connectivity index (χ2n) is 9.73. The molecule has 1 aromatic carbocycles. The quantitative estimate of drug-likeness (QED) is 0.266. The smallest absolute Gasteiger partial charge is 0.270 e. The molecule has 1 atom stereocenters. The second-order valence-corrected chi connectivity index (χ2v) is 9.73. The van der Waals surface area contributed by atoms with Crippen molar-refractivity contribution >= 4 is 23.1 Å². The maximum atomic E-state index is 13.6. The number of aromatic nitrogens is 5. The number of nitrogens with one attached hydrogen (secondary N) is 2. The number of aliphatic hydroxyl groups excluding tert-OH is 1. The zero-order chi connectivity index (χ0) is 26.6. The number of imidazole rings is 1. The van der Waals surface area contributed by atoms with Crippen LogP contribution in [0.1, 0.15) is 30.8 Å². The molecular weight excluding hydrogens is 478 g/mol. The Morgan fingerprint density at radius 3 is 2.47 bits per heavy atom. The van der Waals surface area contributed by atoms with Gasteiger partial charge in [-0.2, -0.15) is 5.10 Å². The predicted molar refractivity (Wildman–Crippen MR) is 148 cm³/mol. The lowest BCUT2D eigenvalue weighted by Gasteiger charge is -2.18. The highest BCUT2D eigenvalue weighted by atomic mass is 16.3. The monoisotopic (exact) mass is 509 g/mol. The van der Waals surface area contributed by atoms with E-state index in [-0.39, 0.29) is 18.6 Å². The molecule has 0 spiro atoms. The van der Waals surface area contributed by atoms with Crippen molar-refractivity contribution in [2.45, 2.75) is 26.3 Å². The summed E-state index contributed by atoms with van der Waals surface area (Å²) in [5, 5.41) is 20.4. The summed E-state index contributed by atoms with van der Waals surface area (Å²) in [5.74, 6) is 0.696. The Labute approximate surface area is 221 Å². The zero-order valence-corrected chi connectivity index (χ0v) is 21.7. The predicted octanol–water partition coefficient (Wildman–Crippen LogP) is 4.68. The third-order valence-electron chi connectivity index (χ3n) is 6.29. The molecule has 38 heavy (non-hydrogen) atoms. The number of amides is 1. The van der Waals surface area contributed by atoms with E-state index >= 15 is 0 Å². The van der Waals surface area contributed by atoms with Crippen LogP contribution in [0.2, 0.25) is 0 Å². The van der Waals surface area contributed by atoms with Gasteiger partial charge in [-0.25, -0.2) is 9.97 Å². The Hall–Kier alpha value is -4.50. The number of anilines is 2. The van der Waals surface area contributed by atoms with Crippen LogP contribution in [0, 0.1) is 5.92 Å². The first-order valence-electron chi connectivity index (χ1n) is 12.6. The zero-order valence-electron chi connectivity index (χ0n) is 21.7. The average Bonchev–Trinajstić information content (AvgIpc) is 3.53. The second kappa shape index (κ2) is 10.9. The highest BCUT2D eigenvalue weighted by molar-refractivity contribution is 6.00. The first kappa shape index (κ1) is 25.2. The Morgan fingerprint density at radius 1 is 1.00 bits per heavy atom. The molecule has 5 rings (SSSR count). The fourth-order valence-corrected chi connectivity index (χ4v) is 4.53. The molecule has 0 bridgehead atoms. The number of carbonyl (C=O) groups is 1. The molecule has 3 N–H and O–H groups in total. The van der Waals surface area contributed by atoms with Crippen molar-refractivity contribution in [3.63, 3.8) is 0 Å². The number of aryl methyl sites for hydroxylation is 1.